The summed E-state index contributed by atoms with van der Waals surface area (Å²) < 4.78 is 0. The van der Waals surface area contributed by atoms with Crippen LogP contribution >= 0.6 is 0 Å². The van der Waals surface area contributed by atoms with Crippen molar-refractivity contribution in [2.45, 2.75) is 51.5 Å². The van der Waals surface area contributed by atoms with Crippen molar-refractivity contribution >= 4 is 0 Å². The highest BCUT2D eigenvalue weighted by Crippen LogP contribution is 2.31. The lowest BCUT2D eigenvalue weighted by Crippen LogP contribution is -2.47. The van der Waals surface area contributed by atoms with Crippen LogP contribution in [0.3, 0.4) is 0 Å². The SMILES string of the molecule is CN1CCC(C)(CNC2CCCCC2C#N)CC1. The molecule has 1 aliphatic heterocycles. The van der Waals surface area contributed by atoms with Crippen molar-refractivity contribution in [3.8, 4) is 6.07 Å². The molecule has 2 aliphatic rings. The van der Waals surface area contributed by atoms with Gasteiger partial charge in [-0.15, -0.1) is 0 Å². The average Bonchev–Trinajstić information content (AvgIpc) is 2.41. The molecule has 0 aromatic carbocycles. The molecule has 0 aromatic heterocycles. The Morgan fingerprint density at radius 1 is 1.28 bits per heavy atom. The molecule has 0 amide bonds. The van der Waals surface area contributed by atoms with Crippen LogP contribution in [0, 0.1) is 22.7 Å². The summed E-state index contributed by atoms with van der Waals surface area (Å²) in [4.78, 5) is 2.42. The van der Waals surface area contributed by atoms with E-state index in [9.17, 15) is 5.26 Å². The monoisotopic (exact) mass is 249 g/mol. The van der Waals surface area contributed by atoms with E-state index in [-0.39, 0.29) is 5.92 Å². The number of piperidine rings is 1. The van der Waals surface area contributed by atoms with Crippen molar-refractivity contribution in [3.63, 3.8) is 0 Å². The maximum Gasteiger partial charge on any atom is 0.0672 e. The van der Waals surface area contributed by atoms with Crippen molar-refractivity contribution in [2.24, 2.45) is 11.3 Å². The largest absolute Gasteiger partial charge is 0.312 e. The van der Waals surface area contributed by atoms with Crippen LogP contribution in [0.5, 0.6) is 0 Å². The van der Waals surface area contributed by atoms with Crippen molar-refractivity contribution in [2.75, 3.05) is 26.7 Å². The van der Waals surface area contributed by atoms with E-state index < -0.39 is 0 Å². The van der Waals surface area contributed by atoms with Crippen molar-refractivity contribution in [1.82, 2.24) is 10.2 Å². The van der Waals surface area contributed by atoms with Crippen molar-refractivity contribution in [1.29, 1.82) is 5.26 Å². The van der Waals surface area contributed by atoms with Crippen LogP contribution in [0.15, 0.2) is 0 Å². The van der Waals surface area contributed by atoms with E-state index in [1.54, 1.807) is 0 Å². The van der Waals surface area contributed by atoms with Gasteiger partial charge in [-0.05, 0) is 51.2 Å². The van der Waals surface area contributed by atoms with Crippen LogP contribution < -0.4 is 5.32 Å². The van der Waals surface area contributed by atoms with Gasteiger partial charge in [0.05, 0.1) is 12.0 Å². The topological polar surface area (TPSA) is 39.1 Å². The Bertz CT molecular complexity index is 299. The van der Waals surface area contributed by atoms with Crippen LogP contribution in [0.1, 0.15) is 45.4 Å². The fraction of sp³-hybridized carbons (Fsp3) is 0.933. The molecule has 1 heterocycles. The van der Waals surface area contributed by atoms with Gasteiger partial charge in [0.15, 0.2) is 0 Å². The summed E-state index contributed by atoms with van der Waals surface area (Å²) in [6.45, 7) is 5.91. The van der Waals surface area contributed by atoms with E-state index >= 15 is 0 Å². The summed E-state index contributed by atoms with van der Waals surface area (Å²) in [7, 11) is 2.21. The summed E-state index contributed by atoms with van der Waals surface area (Å²) in [5, 5.41) is 12.9. The normalized spacial score (nSPS) is 32.9. The molecule has 1 aliphatic carbocycles. The lowest BCUT2D eigenvalue weighted by atomic mass is 9.79. The molecule has 18 heavy (non-hydrogen) atoms. The fourth-order valence-corrected chi connectivity index (χ4v) is 3.24. The Kier molecular flexibility index (Phi) is 4.64. The van der Waals surface area contributed by atoms with Crippen molar-refractivity contribution in [3.05, 3.63) is 0 Å². The smallest absolute Gasteiger partial charge is 0.0672 e. The van der Waals surface area contributed by atoms with Gasteiger partial charge in [-0.2, -0.15) is 5.26 Å². The number of nitriles is 1. The van der Waals surface area contributed by atoms with Crippen LogP contribution in [0.4, 0.5) is 0 Å². The van der Waals surface area contributed by atoms with Crippen LogP contribution in [0.25, 0.3) is 0 Å². The second-order valence-electron chi connectivity index (χ2n) is 6.62. The van der Waals surface area contributed by atoms with E-state index in [1.807, 2.05) is 0 Å². The second-order valence-corrected chi connectivity index (χ2v) is 6.62. The predicted molar refractivity (Wildman–Crippen MR) is 74.2 cm³/mol. The molecule has 3 nitrogen and oxygen atoms in total. The number of nitrogens with zero attached hydrogens (tertiary/aromatic N) is 2. The number of hydrogen-bond acceptors (Lipinski definition) is 3. The summed E-state index contributed by atoms with van der Waals surface area (Å²) >= 11 is 0. The summed E-state index contributed by atoms with van der Waals surface area (Å²) in [6.07, 6.45) is 7.36. The van der Waals surface area contributed by atoms with E-state index in [1.165, 1.54) is 45.2 Å². The fourth-order valence-electron chi connectivity index (χ4n) is 3.24. The lowest BCUT2D eigenvalue weighted by Gasteiger charge is -2.40. The molecular weight excluding hydrogens is 222 g/mol. The van der Waals surface area contributed by atoms with Gasteiger partial charge >= 0.3 is 0 Å². The second kappa shape index (κ2) is 6.04. The van der Waals surface area contributed by atoms with Gasteiger partial charge in [0.2, 0.25) is 0 Å². The molecule has 2 atom stereocenters. The van der Waals surface area contributed by atoms with Gasteiger partial charge in [-0.3, -0.25) is 0 Å². The molecule has 3 heteroatoms. The number of likely N-dealkylation sites (tertiary alicyclic amines) is 1. The van der Waals surface area contributed by atoms with Gasteiger partial charge in [0, 0.05) is 12.6 Å². The van der Waals surface area contributed by atoms with Gasteiger partial charge in [0.25, 0.3) is 0 Å². The molecule has 2 fully saturated rings. The van der Waals surface area contributed by atoms with Crippen LogP contribution in [-0.2, 0) is 0 Å². The average molecular weight is 249 g/mol. The van der Waals surface area contributed by atoms with Crippen LogP contribution in [-0.4, -0.2) is 37.6 Å². The van der Waals surface area contributed by atoms with E-state index in [2.05, 4.69) is 30.3 Å². The number of nitrogens with one attached hydrogen (secondary N) is 1. The molecular formula is C15H27N3. The maximum absolute atomic E-state index is 9.20. The highest BCUT2D eigenvalue weighted by molar-refractivity contribution is 4.96. The third-order valence-corrected chi connectivity index (χ3v) is 4.92. The van der Waals surface area contributed by atoms with Gasteiger partial charge in [0.1, 0.15) is 0 Å². The first-order valence-corrected chi connectivity index (χ1v) is 7.44. The Balaban J connectivity index is 1.81. The Hall–Kier alpha value is -0.590. The maximum atomic E-state index is 9.20. The first-order valence-electron chi connectivity index (χ1n) is 7.44. The molecule has 0 spiro atoms. The number of hydrogen-bond donors (Lipinski definition) is 1. The molecule has 0 radical (unpaired) electrons. The summed E-state index contributed by atoms with van der Waals surface area (Å²) in [5.41, 5.74) is 0.434. The first-order chi connectivity index (χ1) is 8.63. The standard InChI is InChI=1S/C15H27N3/c1-15(7-9-18(2)10-8-15)12-17-14-6-4-3-5-13(14)11-16/h13-14,17H,3-10,12H2,1-2H3. The molecule has 1 N–H and O–H groups in total. The van der Waals surface area contributed by atoms with Gasteiger partial charge in [-0.25, -0.2) is 0 Å². The minimum Gasteiger partial charge on any atom is -0.312 e. The lowest BCUT2D eigenvalue weighted by molar-refractivity contribution is 0.127. The van der Waals surface area contributed by atoms with E-state index in [4.69, 9.17) is 0 Å². The summed E-state index contributed by atoms with van der Waals surface area (Å²) in [5.74, 6) is 0.244. The third-order valence-electron chi connectivity index (χ3n) is 4.92. The number of rotatable bonds is 3. The molecule has 0 aromatic rings. The Labute approximate surface area is 112 Å². The van der Waals surface area contributed by atoms with Gasteiger partial charge in [-0.1, -0.05) is 19.8 Å². The highest BCUT2D eigenvalue weighted by Gasteiger charge is 2.31. The molecule has 102 valence electrons. The Morgan fingerprint density at radius 3 is 2.61 bits per heavy atom. The zero-order valence-corrected chi connectivity index (χ0v) is 11.9. The first kappa shape index (κ1) is 13.8. The zero-order valence-electron chi connectivity index (χ0n) is 11.9. The van der Waals surface area contributed by atoms with Crippen molar-refractivity contribution < 1.29 is 0 Å². The molecule has 1 saturated heterocycles. The minimum atomic E-state index is 0.244. The third kappa shape index (κ3) is 3.46. The zero-order chi connectivity index (χ0) is 13.0. The van der Waals surface area contributed by atoms with E-state index in [0.29, 0.717) is 11.5 Å². The minimum absolute atomic E-state index is 0.244. The molecule has 1 saturated carbocycles. The molecule has 0 bridgehead atoms. The molecule has 2 unspecified atom stereocenters. The highest BCUT2D eigenvalue weighted by atomic mass is 15.1. The predicted octanol–water partition coefficient (Wildman–Crippen LogP) is 2.39. The quantitative estimate of drug-likeness (QED) is 0.835. The summed E-state index contributed by atoms with van der Waals surface area (Å²) in [6, 6.07) is 2.94. The molecule has 2 rings (SSSR count). The van der Waals surface area contributed by atoms with Crippen LogP contribution in [0.2, 0.25) is 0 Å². The van der Waals surface area contributed by atoms with E-state index in [0.717, 1.165) is 13.0 Å². The Morgan fingerprint density at radius 2 is 1.94 bits per heavy atom. The van der Waals surface area contributed by atoms with Gasteiger partial charge < -0.3 is 10.2 Å².